The normalized spacial score (nSPS) is 23.7. The number of amides is 1. The van der Waals surface area contributed by atoms with Crippen LogP contribution in [0.5, 0.6) is 17.2 Å². The quantitative estimate of drug-likeness (QED) is 0.272. The van der Waals surface area contributed by atoms with Gasteiger partial charge >= 0.3 is 11.9 Å². The molecule has 2 saturated carbocycles. The Morgan fingerprint density at radius 1 is 0.889 bits per heavy atom. The predicted octanol–water partition coefficient (Wildman–Crippen LogP) is 6.37. The molecule has 1 heterocycles. The van der Waals surface area contributed by atoms with E-state index in [-0.39, 0.29) is 17.8 Å². The average molecular weight is 622 g/mol. The van der Waals surface area contributed by atoms with Crippen LogP contribution in [0, 0.1) is 17.8 Å². The maximum absolute atomic E-state index is 14.1. The molecule has 2 aromatic carbocycles. The van der Waals surface area contributed by atoms with Crippen LogP contribution >= 0.6 is 0 Å². The zero-order chi connectivity index (χ0) is 31.8. The lowest BCUT2D eigenvalue weighted by atomic mass is 9.65. The molecule has 1 N–H and O–H groups in total. The SMILES string of the molecule is COc1ccc(CC[C@@H](OC(=O)[C@@H]2CCCCN2C(=O)[C@@H]2CCC[C@@H]3CCCC[C@H]32)c2cccc(OCC(=O)O)c2)cc1OC. The number of carboxylic acid groups (broad SMARTS) is 1. The van der Waals surface area contributed by atoms with Crippen molar-refractivity contribution in [3.05, 3.63) is 53.6 Å². The largest absolute Gasteiger partial charge is 0.493 e. The first-order valence-electron chi connectivity index (χ1n) is 16.5. The predicted molar refractivity (Wildman–Crippen MR) is 168 cm³/mol. The highest BCUT2D eigenvalue weighted by atomic mass is 16.5. The van der Waals surface area contributed by atoms with Crippen molar-refractivity contribution in [1.29, 1.82) is 0 Å². The van der Waals surface area contributed by atoms with Gasteiger partial charge in [-0.15, -0.1) is 0 Å². The van der Waals surface area contributed by atoms with E-state index in [9.17, 15) is 14.4 Å². The second-order valence-corrected chi connectivity index (χ2v) is 12.7. The van der Waals surface area contributed by atoms with Crippen LogP contribution in [0.15, 0.2) is 42.5 Å². The van der Waals surface area contributed by atoms with Gasteiger partial charge in [0.15, 0.2) is 18.1 Å². The molecule has 0 aromatic heterocycles. The van der Waals surface area contributed by atoms with Crippen molar-refractivity contribution in [2.24, 2.45) is 17.8 Å². The van der Waals surface area contributed by atoms with Crippen molar-refractivity contribution >= 4 is 17.8 Å². The fourth-order valence-electron chi connectivity index (χ4n) is 7.69. The highest BCUT2D eigenvalue weighted by molar-refractivity contribution is 5.86. The third-order valence-electron chi connectivity index (χ3n) is 9.94. The molecule has 3 aliphatic rings. The van der Waals surface area contributed by atoms with Crippen LogP contribution in [0.2, 0.25) is 0 Å². The minimum Gasteiger partial charge on any atom is -0.493 e. The Bertz CT molecular complexity index is 1330. The number of likely N-dealkylation sites (tertiary alicyclic amines) is 1. The molecule has 3 fully saturated rings. The molecule has 0 radical (unpaired) electrons. The summed E-state index contributed by atoms with van der Waals surface area (Å²) in [7, 11) is 3.18. The molecule has 1 aliphatic heterocycles. The topological polar surface area (TPSA) is 112 Å². The van der Waals surface area contributed by atoms with Crippen LogP contribution in [0.25, 0.3) is 0 Å². The minimum absolute atomic E-state index is 0.00126. The molecule has 0 spiro atoms. The van der Waals surface area contributed by atoms with E-state index in [2.05, 4.69) is 0 Å². The fraction of sp³-hybridized carbons (Fsp3) is 0.583. The molecule has 45 heavy (non-hydrogen) atoms. The highest BCUT2D eigenvalue weighted by Gasteiger charge is 2.43. The monoisotopic (exact) mass is 621 g/mol. The second-order valence-electron chi connectivity index (χ2n) is 12.7. The summed E-state index contributed by atoms with van der Waals surface area (Å²) in [5, 5.41) is 9.09. The Kier molecular flexibility index (Phi) is 11.2. The van der Waals surface area contributed by atoms with Gasteiger partial charge in [-0.2, -0.15) is 0 Å². The number of carbonyl (C=O) groups is 3. The van der Waals surface area contributed by atoms with Gasteiger partial charge in [0.25, 0.3) is 0 Å². The van der Waals surface area contributed by atoms with Crippen LogP contribution in [0.1, 0.15) is 87.9 Å². The molecule has 5 rings (SSSR count). The van der Waals surface area contributed by atoms with Crippen molar-refractivity contribution < 1.29 is 38.4 Å². The van der Waals surface area contributed by atoms with Crippen LogP contribution in [0.3, 0.4) is 0 Å². The first-order chi connectivity index (χ1) is 21.9. The van der Waals surface area contributed by atoms with Gasteiger partial charge in [0.1, 0.15) is 17.9 Å². The number of aryl methyl sites for hydroxylation is 1. The third kappa shape index (κ3) is 8.10. The lowest BCUT2D eigenvalue weighted by Crippen LogP contribution is -2.53. The number of fused-ring (bicyclic) bond motifs is 1. The Morgan fingerprint density at radius 3 is 2.47 bits per heavy atom. The number of hydrogen-bond donors (Lipinski definition) is 1. The standard InChI is InChI=1S/C36H47NO8/c1-42-32-19-17-24(21-33(32)43-2)16-18-31(26-11-7-12-27(22-26)44-23-34(38)39)45-36(41)30-15-5-6-20-37(30)35(40)29-14-8-10-25-9-3-4-13-28(25)29/h7,11-12,17,19,21-22,25,28-31H,3-6,8-10,13-16,18,20,23H2,1-2H3,(H,38,39)/t25-,28+,29+,30-,31+/m0/s1. The van der Waals surface area contributed by atoms with Crippen molar-refractivity contribution in [2.75, 3.05) is 27.4 Å². The number of piperidine rings is 1. The van der Waals surface area contributed by atoms with Gasteiger partial charge in [0.05, 0.1) is 14.2 Å². The molecule has 9 heteroatoms. The van der Waals surface area contributed by atoms with Crippen molar-refractivity contribution in [2.45, 2.75) is 89.2 Å². The van der Waals surface area contributed by atoms with Gasteiger partial charge in [-0.05, 0) is 92.2 Å². The van der Waals surface area contributed by atoms with E-state index >= 15 is 0 Å². The highest BCUT2D eigenvalue weighted by Crippen LogP contribution is 2.45. The maximum Gasteiger partial charge on any atom is 0.341 e. The number of hydrogen-bond acceptors (Lipinski definition) is 7. The number of rotatable bonds is 12. The number of benzene rings is 2. The van der Waals surface area contributed by atoms with Gasteiger partial charge in [-0.25, -0.2) is 9.59 Å². The molecule has 1 saturated heterocycles. The summed E-state index contributed by atoms with van der Waals surface area (Å²) >= 11 is 0. The smallest absolute Gasteiger partial charge is 0.341 e. The van der Waals surface area contributed by atoms with Crippen LogP contribution < -0.4 is 14.2 Å². The summed E-state index contributed by atoms with van der Waals surface area (Å²) < 4.78 is 22.6. The molecule has 9 nitrogen and oxygen atoms in total. The number of aliphatic carboxylic acids is 1. The van der Waals surface area contributed by atoms with E-state index in [1.54, 1.807) is 32.4 Å². The van der Waals surface area contributed by atoms with Crippen LogP contribution in [0.4, 0.5) is 0 Å². The summed E-state index contributed by atoms with van der Waals surface area (Å²) in [5.41, 5.74) is 1.69. The van der Waals surface area contributed by atoms with Crippen molar-refractivity contribution in [1.82, 2.24) is 4.90 Å². The van der Waals surface area contributed by atoms with Crippen molar-refractivity contribution in [3.8, 4) is 17.2 Å². The van der Waals surface area contributed by atoms with E-state index in [1.165, 1.54) is 25.7 Å². The fourth-order valence-corrected chi connectivity index (χ4v) is 7.69. The van der Waals surface area contributed by atoms with E-state index in [1.807, 2.05) is 29.2 Å². The van der Waals surface area contributed by atoms with Gasteiger partial charge in [0, 0.05) is 12.5 Å². The zero-order valence-electron chi connectivity index (χ0n) is 26.6. The number of nitrogens with zero attached hydrogens (tertiary/aromatic N) is 1. The number of methoxy groups -OCH3 is 2. The lowest BCUT2D eigenvalue weighted by Gasteiger charge is -2.44. The second kappa shape index (κ2) is 15.5. The minimum atomic E-state index is -1.07. The summed E-state index contributed by atoms with van der Waals surface area (Å²) in [5.74, 6) is 1.38. The van der Waals surface area contributed by atoms with Gasteiger partial charge in [0.2, 0.25) is 5.91 Å². The molecule has 1 amide bonds. The summed E-state index contributed by atoms with van der Waals surface area (Å²) in [6, 6.07) is 12.1. The van der Waals surface area contributed by atoms with E-state index < -0.39 is 24.7 Å². The van der Waals surface area contributed by atoms with Gasteiger partial charge in [-0.1, -0.05) is 50.3 Å². The number of carboxylic acids is 1. The Morgan fingerprint density at radius 2 is 1.67 bits per heavy atom. The van der Waals surface area contributed by atoms with E-state index in [4.69, 9.17) is 24.1 Å². The Balaban J connectivity index is 1.35. The molecule has 2 aliphatic carbocycles. The lowest BCUT2D eigenvalue weighted by molar-refractivity contribution is -0.164. The molecule has 0 bridgehead atoms. The molecular formula is C36H47NO8. The van der Waals surface area contributed by atoms with E-state index in [0.29, 0.717) is 60.5 Å². The molecule has 0 unspecified atom stereocenters. The first kappa shape index (κ1) is 32.6. The zero-order valence-corrected chi connectivity index (χ0v) is 26.6. The average Bonchev–Trinajstić information content (AvgIpc) is 3.08. The van der Waals surface area contributed by atoms with Crippen molar-refractivity contribution in [3.63, 3.8) is 0 Å². The Hall–Kier alpha value is -3.75. The third-order valence-corrected chi connectivity index (χ3v) is 9.94. The molecular weight excluding hydrogens is 574 g/mol. The summed E-state index contributed by atoms with van der Waals surface area (Å²) in [6.45, 7) is 0.114. The number of esters is 1. The number of ether oxygens (including phenoxy) is 4. The van der Waals surface area contributed by atoms with Crippen LogP contribution in [-0.2, 0) is 25.5 Å². The van der Waals surface area contributed by atoms with Crippen LogP contribution in [-0.4, -0.2) is 61.3 Å². The van der Waals surface area contributed by atoms with Gasteiger partial charge < -0.3 is 29.0 Å². The molecule has 5 atom stereocenters. The molecule has 2 aromatic rings. The van der Waals surface area contributed by atoms with Gasteiger partial charge in [-0.3, -0.25) is 4.79 Å². The number of carbonyl (C=O) groups excluding carboxylic acids is 2. The molecule has 244 valence electrons. The van der Waals surface area contributed by atoms with E-state index in [0.717, 1.165) is 37.7 Å². The Labute approximate surface area is 266 Å². The summed E-state index contributed by atoms with van der Waals surface area (Å²) in [6.07, 6.45) is 10.8. The summed E-state index contributed by atoms with van der Waals surface area (Å²) in [4.78, 5) is 41.0. The first-order valence-corrected chi connectivity index (χ1v) is 16.5. The maximum atomic E-state index is 14.1.